The molecule has 2 aromatic carbocycles. The number of anilines is 3. The fourth-order valence-corrected chi connectivity index (χ4v) is 5.17. The number of sulfonamides is 1. The highest BCUT2D eigenvalue weighted by atomic mass is 32.2. The van der Waals surface area contributed by atoms with E-state index >= 15 is 0 Å². The van der Waals surface area contributed by atoms with Crippen LogP contribution in [0.25, 0.3) is 16.6 Å². The van der Waals surface area contributed by atoms with Crippen LogP contribution in [0.3, 0.4) is 0 Å². The highest BCUT2D eigenvalue weighted by Crippen LogP contribution is 2.31. The zero-order valence-electron chi connectivity index (χ0n) is 18.8. The topological polar surface area (TPSA) is 87.5 Å². The number of fused-ring (bicyclic) bond motifs is 1. The van der Waals surface area contributed by atoms with Gasteiger partial charge in [0.25, 0.3) is 0 Å². The molecule has 0 aliphatic carbocycles. The number of nitrogens with zero attached hydrogens (tertiary/aromatic N) is 4. The van der Waals surface area contributed by atoms with Gasteiger partial charge in [0.05, 0.1) is 29.0 Å². The summed E-state index contributed by atoms with van der Waals surface area (Å²) in [5.41, 5.74) is 3.16. The van der Waals surface area contributed by atoms with Crippen LogP contribution < -0.4 is 15.6 Å². The number of rotatable bonds is 5. The third kappa shape index (κ3) is 4.27. The summed E-state index contributed by atoms with van der Waals surface area (Å²) in [6, 6.07) is 21.1. The van der Waals surface area contributed by atoms with Gasteiger partial charge in [0.1, 0.15) is 5.82 Å². The molecular weight excluding hydrogens is 450 g/mol. The Kier molecular flexibility index (Phi) is 5.80. The van der Waals surface area contributed by atoms with Crippen molar-refractivity contribution in [2.24, 2.45) is 0 Å². The Morgan fingerprint density at radius 2 is 1.53 bits per heavy atom. The average molecular weight is 476 g/mol. The van der Waals surface area contributed by atoms with Gasteiger partial charge in [-0.25, -0.2) is 8.42 Å². The van der Waals surface area contributed by atoms with Gasteiger partial charge in [-0.1, -0.05) is 36.4 Å². The van der Waals surface area contributed by atoms with Crippen LogP contribution in [0.4, 0.5) is 17.2 Å². The fourth-order valence-electron chi connectivity index (χ4n) is 4.34. The van der Waals surface area contributed by atoms with Gasteiger partial charge in [-0.15, -0.1) is 0 Å². The smallest absolute Gasteiger partial charge is 0.211 e. The highest BCUT2D eigenvalue weighted by molar-refractivity contribution is 7.88. The van der Waals surface area contributed by atoms with E-state index in [-0.39, 0.29) is 5.43 Å². The van der Waals surface area contributed by atoms with E-state index in [0.717, 1.165) is 22.6 Å². The van der Waals surface area contributed by atoms with E-state index < -0.39 is 10.0 Å². The maximum atomic E-state index is 13.2. The SMILES string of the molecule is CS(=O)(=O)N1CCN(c2cncc3c(=O)cc(Nc4ccccc4)n(-c4ccccc4)c23)CC1. The second-order valence-corrected chi connectivity index (χ2v) is 10.2. The van der Waals surface area contributed by atoms with Gasteiger partial charge in [-0.2, -0.15) is 4.31 Å². The zero-order valence-corrected chi connectivity index (χ0v) is 19.6. The van der Waals surface area contributed by atoms with Crippen molar-refractivity contribution < 1.29 is 8.42 Å². The number of hydrogen-bond donors (Lipinski definition) is 1. The number of benzene rings is 2. The Morgan fingerprint density at radius 3 is 2.18 bits per heavy atom. The molecule has 1 saturated heterocycles. The first-order valence-electron chi connectivity index (χ1n) is 11.0. The van der Waals surface area contributed by atoms with E-state index in [2.05, 4.69) is 15.2 Å². The number of hydrogen-bond acceptors (Lipinski definition) is 6. The lowest BCUT2D eigenvalue weighted by atomic mass is 10.1. The van der Waals surface area contributed by atoms with Gasteiger partial charge in [0.15, 0.2) is 5.43 Å². The standard InChI is InChI=1S/C25H25N5O3S/c1-34(32,33)29-14-12-28(13-15-29)22-18-26-17-21-23(31)16-24(27-19-8-4-2-5-9-19)30(25(21)22)20-10-6-3-7-11-20/h2-11,16-18,27H,12-15H2,1H3. The third-order valence-corrected chi connectivity index (χ3v) is 7.31. The van der Waals surface area contributed by atoms with Crippen molar-refractivity contribution in [3.05, 3.63) is 89.3 Å². The molecule has 2 aromatic heterocycles. The van der Waals surface area contributed by atoms with E-state index in [9.17, 15) is 13.2 Å². The summed E-state index contributed by atoms with van der Waals surface area (Å²) in [7, 11) is -3.25. The van der Waals surface area contributed by atoms with E-state index in [1.807, 2.05) is 65.2 Å². The summed E-state index contributed by atoms with van der Waals surface area (Å²) in [5.74, 6) is 0.636. The fraction of sp³-hybridized carbons (Fsp3) is 0.200. The third-order valence-electron chi connectivity index (χ3n) is 6.00. The molecule has 1 fully saturated rings. The van der Waals surface area contributed by atoms with E-state index in [0.29, 0.717) is 37.4 Å². The number of aromatic nitrogens is 2. The first kappa shape index (κ1) is 22.1. The van der Waals surface area contributed by atoms with Gasteiger partial charge in [-0.3, -0.25) is 14.3 Å². The minimum absolute atomic E-state index is 0.135. The van der Waals surface area contributed by atoms with Crippen LogP contribution in [0.15, 0.2) is 83.9 Å². The molecule has 9 heteroatoms. The molecule has 0 spiro atoms. The Balaban J connectivity index is 1.70. The summed E-state index contributed by atoms with van der Waals surface area (Å²) < 4.78 is 27.5. The molecule has 8 nitrogen and oxygen atoms in total. The van der Waals surface area contributed by atoms with Crippen LogP contribution in [-0.4, -0.2) is 54.7 Å². The molecule has 1 aliphatic rings. The first-order chi connectivity index (χ1) is 16.4. The predicted octanol–water partition coefficient (Wildman–Crippen LogP) is 3.21. The quantitative estimate of drug-likeness (QED) is 0.477. The van der Waals surface area contributed by atoms with Crippen LogP contribution in [0.2, 0.25) is 0 Å². The van der Waals surface area contributed by atoms with Crippen LogP contribution >= 0.6 is 0 Å². The largest absolute Gasteiger partial charge is 0.366 e. The monoisotopic (exact) mass is 475 g/mol. The lowest BCUT2D eigenvalue weighted by molar-refractivity contribution is 0.388. The average Bonchev–Trinajstić information content (AvgIpc) is 2.85. The second kappa shape index (κ2) is 8.92. The summed E-state index contributed by atoms with van der Waals surface area (Å²) in [6.07, 6.45) is 4.58. The lowest BCUT2D eigenvalue weighted by Crippen LogP contribution is -2.48. The zero-order chi connectivity index (χ0) is 23.7. The first-order valence-corrected chi connectivity index (χ1v) is 12.9. The van der Waals surface area contributed by atoms with Crippen molar-refractivity contribution in [3.8, 4) is 5.69 Å². The number of pyridine rings is 2. The molecule has 3 heterocycles. The molecular formula is C25H25N5O3S. The van der Waals surface area contributed by atoms with Crippen LogP contribution in [0.1, 0.15) is 0 Å². The van der Waals surface area contributed by atoms with Crippen molar-refractivity contribution in [1.29, 1.82) is 0 Å². The van der Waals surface area contributed by atoms with Crippen LogP contribution in [-0.2, 0) is 10.0 Å². The van der Waals surface area contributed by atoms with Crippen LogP contribution in [0, 0.1) is 0 Å². The van der Waals surface area contributed by atoms with Crippen molar-refractivity contribution in [2.75, 3.05) is 42.7 Å². The van der Waals surface area contributed by atoms with Gasteiger partial charge >= 0.3 is 0 Å². The molecule has 0 bridgehead atoms. The summed E-state index contributed by atoms with van der Waals surface area (Å²) in [5, 5.41) is 3.90. The Bertz CT molecular complexity index is 1480. The molecule has 1 aliphatic heterocycles. The van der Waals surface area contributed by atoms with E-state index in [1.165, 1.54) is 10.6 Å². The van der Waals surface area contributed by atoms with Crippen molar-refractivity contribution >= 4 is 38.1 Å². The molecule has 0 saturated carbocycles. The minimum Gasteiger partial charge on any atom is -0.366 e. The van der Waals surface area contributed by atoms with Crippen molar-refractivity contribution in [3.63, 3.8) is 0 Å². The Morgan fingerprint density at radius 1 is 0.882 bits per heavy atom. The molecule has 0 unspecified atom stereocenters. The summed E-state index contributed by atoms with van der Waals surface area (Å²) >= 11 is 0. The molecule has 4 aromatic rings. The van der Waals surface area contributed by atoms with Crippen LogP contribution in [0.5, 0.6) is 0 Å². The van der Waals surface area contributed by atoms with Gasteiger partial charge in [0.2, 0.25) is 10.0 Å². The molecule has 0 atom stereocenters. The molecule has 34 heavy (non-hydrogen) atoms. The van der Waals surface area contributed by atoms with E-state index in [1.54, 1.807) is 18.5 Å². The summed E-state index contributed by atoms with van der Waals surface area (Å²) in [6.45, 7) is 1.78. The van der Waals surface area contributed by atoms with Gasteiger partial charge in [-0.05, 0) is 24.3 Å². The molecule has 0 radical (unpaired) electrons. The Hall–Kier alpha value is -3.69. The van der Waals surface area contributed by atoms with Gasteiger partial charge in [0, 0.05) is 49.8 Å². The predicted molar refractivity (Wildman–Crippen MR) is 136 cm³/mol. The van der Waals surface area contributed by atoms with Crippen molar-refractivity contribution in [2.45, 2.75) is 0 Å². The van der Waals surface area contributed by atoms with Gasteiger partial charge < -0.3 is 10.2 Å². The number of piperazine rings is 1. The molecule has 5 rings (SSSR count). The molecule has 1 N–H and O–H groups in total. The highest BCUT2D eigenvalue weighted by Gasteiger charge is 2.26. The Labute approximate surface area is 198 Å². The second-order valence-electron chi connectivity index (χ2n) is 8.26. The maximum absolute atomic E-state index is 13.2. The lowest BCUT2D eigenvalue weighted by Gasteiger charge is -2.35. The summed E-state index contributed by atoms with van der Waals surface area (Å²) in [4.78, 5) is 19.6. The maximum Gasteiger partial charge on any atom is 0.211 e. The van der Waals surface area contributed by atoms with Crippen molar-refractivity contribution in [1.82, 2.24) is 13.9 Å². The number of para-hydroxylation sites is 2. The minimum atomic E-state index is -3.25. The molecule has 0 amide bonds. The van der Waals surface area contributed by atoms with E-state index in [4.69, 9.17) is 0 Å². The molecule has 174 valence electrons. The number of nitrogens with one attached hydrogen (secondary N) is 1. The normalized spacial score (nSPS) is 14.9.